The first-order valence-corrected chi connectivity index (χ1v) is 14.2. The third-order valence-electron chi connectivity index (χ3n) is 12.1. The number of aliphatic hydroxyl groups is 1. The smallest absolute Gasteiger partial charge is 0.220 e. The average molecular weight is 491 g/mol. The van der Waals surface area contributed by atoms with Crippen molar-refractivity contribution in [2.24, 2.45) is 38.9 Å². The van der Waals surface area contributed by atoms with Crippen molar-refractivity contribution in [3.05, 3.63) is 46.3 Å². The fraction of sp³-hybridized carbons (Fsp3) is 0.697. The highest BCUT2D eigenvalue weighted by Crippen LogP contribution is 2.75. The minimum absolute atomic E-state index is 0.00650. The maximum absolute atomic E-state index is 13.5. The molecule has 0 spiro atoms. The van der Waals surface area contributed by atoms with Crippen LogP contribution in [0, 0.1) is 38.9 Å². The van der Waals surface area contributed by atoms with E-state index >= 15 is 0 Å². The van der Waals surface area contributed by atoms with Gasteiger partial charge in [-0.3, -0.25) is 9.59 Å². The van der Waals surface area contributed by atoms with E-state index in [1.807, 2.05) is 6.92 Å². The number of carbonyl (C=O) groups excluding carboxylic acids is 2. The molecule has 0 amide bonds. The lowest BCUT2D eigenvalue weighted by Crippen LogP contribution is -2.62. The summed E-state index contributed by atoms with van der Waals surface area (Å²) in [5.74, 6) is 0.999. The van der Waals surface area contributed by atoms with Crippen molar-refractivity contribution in [2.45, 2.75) is 107 Å². The van der Waals surface area contributed by atoms with Gasteiger partial charge in [-0.2, -0.15) is 0 Å². The SMILES string of the molecule is CC1=C(O)C(=O)C=C2C1=CC=C1[C@@]2(C)CC[C@@]2(C)[C@@H]3C[C@](C)(C(=O)CC(C)C)CC[C@]3(C)CC[C@]12C. The van der Waals surface area contributed by atoms with Crippen molar-refractivity contribution in [1.82, 2.24) is 0 Å². The Hall–Kier alpha value is -1.90. The summed E-state index contributed by atoms with van der Waals surface area (Å²) < 4.78 is 0. The highest BCUT2D eigenvalue weighted by molar-refractivity contribution is 6.06. The van der Waals surface area contributed by atoms with Crippen molar-refractivity contribution in [2.75, 3.05) is 0 Å². The number of ketones is 2. The predicted octanol–water partition coefficient (Wildman–Crippen LogP) is 8.23. The molecule has 0 aliphatic heterocycles. The first-order valence-electron chi connectivity index (χ1n) is 14.2. The molecule has 5 aliphatic rings. The van der Waals surface area contributed by atoms with Gasteiger partial charge in [0.05, 0.1) is 0 Å². The van der Waals surface area contributed by atoms with Gasteiger partial charge in [-0.15, -0.1) is 0 Å². The van der Waals surface area contributed by atoms with E-state index in [-0.39, 0.29) is 38.6 Å². The number of rotatable bonds is 3. The van der Waals surface area contributed by atoms with Crippen molar-refractivity contribution in [1.29, 1.82) is 0 Å². The van der Waals surface area contributed by atoms with E-state index in [9.17, 15) is 14.7 Å². The molecule has 0 bridgehead atoms. The number of carbonyl (C=O) groups is 2. The van der Waals surface area contributed by atoms with Crippen LogP contribution in [-0.2, 0) is 9.59 Å². The number of fused-ring (bicyclic) bond motifs is 7. The molecule has 0 aromatic rings. The zero-order valence-corrected chi connectivity index (χ0v) is 23.8. The molecule has 196 valence electrons. The van der Waals surface area contributed by atoms with Crippen LogP contribution in [0.3, 0.4) is 0 Å². The largest absolute Gasteiger partial charge is 0.504 e. The van der Waals surface area contributed by atoms with Gasteiger partial charge in [0.15, 0.2) is 5.76 Å². The molecule has 3 heteroatoms. The Balaban J connectivity index is 1.59. The minimum Gasteiger partial charge on any atom is -0.504 e. The second-order valence-corrected chi connectivity index (χ2v) is 14.6. The number of allylic oxidation sites excluding steroid dienone is 7. The minimum atomic E-state index is -0.261. The van der Waals surface area contributed by atoms with Crippen LogP contribution in [-0.4, -0.2) is 16.7 Å². The molecule has 0 aromatic heterocycles. The lowest BCUT2D eigenvalue weighted by Gasteiger charge is -2.70. The molecule has 0 aromatic carbocycles. The molecule has 0 heterocycles. The van der Waals surface area contributed by atoms with Crippen molar-refractivity contribution in [3.8, 4) is 0 Å². The molecule has 0 radical (unpaired) electrons. The van der Waals surface area contributed by atoms with Crippen molar-refractivity contribution in [3.63, 3.8) is 0 Å². The van der Waals surface area contributed by atoms with Crippen LogP contribution < -0.4 is 0 Å². The van der Waals surface area contributed by atoms with Gasteiger partial charge in [-0.1, -0.05) is 66.2 Å². The molecule has 3 fully saturated rings. The van der Waals surface area contributed by atoms with Crippen LogP contribution in [0.25, 0.3) is 0 Å². The molecule has 1 N–H and O–H groups in total. The Labute approximate surface area is 218 Å². The quantitative estimate of drug-likeness (QED) is 0.433. The average Bonchev–Trinajstić information content (AvgIpc) is 2.80. The molecule has 0 unspecified atom stereocenters. The lowest BCUT2D eigenvalue weighted by atomic mass is 9.34. The summed E-state index contributed by atoms with van der Waals surface area (Å²) >= 11 is 0. The third kappa shape index (κ3) is 3.23. The monoisotopic (exact) mass is 490 g/mol. The summed E-state index contributed by atoms with van der Waals surface area (Å²) in [6, 6.07) is 0. The zero-order valence-electron chi connectivity index (χ0n) is 23.8. The second-order valence-electron chi connectivity index (χ2n) is 14.6. The van der Waals surface area contributed by atoms with Gasteiger partial charge in [0.2, 0.25) is 5.78 Å². The van der Waals surface area contributed by atoms with Crippen LogP contribution in [0.15, 0.2) is 46.3 Å². The summed E-state index contributed by atoms with van der Waals surface area (Å²) in [6.07, 6.45) is 14.5. The van der Waals surface area contributed by atoms with Crippen LogP contribution in [0.1, 0.15) is 107 Å². The molecular weight excluding hydrogens is 444 g/mol. The molecule has 36 heavy (non-hydrogen) atoms. The van der Waals surface area contributed by atoms with E-state index in [1.54, 1.807) is 6.08 Å². The van der Waals surface area contributed by atoms with Crippen LogP contribution >= 0.6 is 0 Å². The molecule has 0 saturated heterocycles. The Kier molecular flexibility index (Phi) is 5.58. The van der Waals surface area contributed by atoms with Crippen molar-refractivity contribution < 1.29 is 14.7 Å². The molecule has 3 nitrogen and oxygen atoms in total. The first-order chi connectivity index (χ1) is 16.6. The maximum atomic E-state index is 13.5. The highest BCUT2D eigenvalue weighted by Gasteiger charge is 2.67. The second kappa shape index (κ2) is 7.81. The van der Waals surface area contributed by atoms with E-state index in [2.05, 4.69) is 60.6 Å². The highest BCUT2D eigenvalue weighted by atomic mass is 16.3. The Morgan fingerprint density at radius 3 is 2.33 bits per heavy atom. The molecule has 3 saturated carbocycles. The predicted molar refractivity (Wildman–Crippen MR) is 145 cm³/mol. The van der Waals surface area contributed by atoms with Gasteiger partial charge in [0.1, 0.15) is 5.78 Å². The van der Waals surface area contributed by atoms with Crippen LogP contribution in [0.5, 0.6) is 0 Å². The van der Waals surface area contributed by atoms with Crippen LogP contribution in [0.2, 0.25) is 0 Å². The number of aliphatic hydroxyl groups excluding tert-OH is 1. The molecule has 5 aliphatic carbocycles. The summed E-state index contributed by atoms with van der Waals surface area (Å²) in [7, 11) is 0. The Morgan fingerprint density at radius 1 is 1.00 bits per heavy atom. The topological polar surface area (TPSA) is 54.4 Å². The number of Topliss-reactive ketones (excluding diaryl/α,β-unsaturated/α-hetero) is 1. The third-order valence-corrected chi connectivity index (χ3v) is 12.1. The maximum Gasteiger partial charge on any atom is 0.220 e. The van der Waals surface area contributed by atoms with E-state index in [4.69, 9.17) is 0 Å². The van der Waals surface area contributed by atoms with Gasteiger partial charge in [-0.05, 0) is 97.2 Å². The molecule has 5 rings (SSSR count). The number of hydrogen-bond acceptors (Lipinski definition) is 3. The van der Waals surface area contributed by atoms with Gasteiger partial charge < -0.3 is 5.11 Å². The van der Waals surface area contributed by atoms with E-state index in [0.717, 1.165) is 49.7 Å². The van der Waals surface area contributed by atoms with E-state index in [0.29, 0.717) is 29.6 Å². The Bertz CT molecular complexity index is 1160. The normalized spacial score (nSPS) is 44.1. The first kappa shape index (κ1) is 25.7. The lowest BCUT2D eigenvalue weighted by molar-refractivity contribution is -0.168. The van der Waals surface area contributed by atoms with E-state index < -0.39 is 0 Å². The van der Waals surface area contributed by atoms with Gasteiger partial charge in [-0.25, -0.2) is 0 Å². The molecular formula is C33H46O3. The summed E-state index contributed by atoms with van der Waals surface area (Å²) in [5, 5.41) is 10.3. The Morgan fingerprint density at radius 2 is 1.67 bits per heavy atom. The fourth-order valence-corrected chi connectivity index (χ4v) is 9.33. The van der Waals surface area contributed by atoms with Crippen molar-refractivity contribution >= 4 is 11.6 Å². The van der Waals surface area contributed by atoms with E-state index in [1.165, 1.54) is 12.0 Å². The summed E-state index contributed by atoms with van der Waals surface area (Å²) in [6.45, 7) is 18.3. The standard InChI is InChI=1S/C33H46O3/c1-20(2)17-27(35)30(5)12-11-29(4)13-15-32(7)25-10-9-22-21(3)28(36)24(34)18-23(22)31(25,6)14-16-33(32,8)26(29)19-30/h9-10,18,20,26,36H,11-17,19H2,1-8H3/t26-,29-,30-,31+,32-,33+/m1/s1. The fourth-order valence-electron chi connectivity index (χ4n) is 9.33. The summed E-state index contributed by atoms with van der Waals surface area (Å²) in [5.41, 5.74) is 4.25. The zero-order chi connectivity index (χ0) is 26.5. The van der Waals surface area contributed by atoms with Gasteiger partial charge in [0.25, 0.3) is 0 Å². The van der Waals surface area contributed by atoms with Crippen LogP contribution in [0.4, 0.5) is 0 Å². The number of hydrogen-bond donors (Lipinski definition) is 1. The van der Waals surface area contributed by atoms with Gasteiger partial charge >= 0.3 is 0 Å². The summed E-state index contributed by atoms with van der Waals surface area (Å²) in [4.78, 5) is 26.2. The van der Waals surface area contributed by atoms with Gasteiger partial charge in [0, 0.05) is 22.8 Å². The molecule has 6 atom stereocenters.